The molecular weight excluding hydrogens is 490 g/mol. The molecule has 206 valence electrons. The Kier molecular flexibility index (Phi) is 9.21. The predicted molar refractivity (Wildman–Crippen MR) is 153 cm³/mol. The number of hydrogen-bond donors (Lipinski definition) is 1. The lowest BCUT2D eigenvalue weighted by Gasteiger charge is -2.34. The molecule has 1 amide bonds. The number of rotatable bonds is 10. The van der Waals surface area contributed by atoms with Crippen molar-refractivity contribution in [2.45, 2.75) is 26.4 Å². The Hall–Kier alpha value is -3.30. The summed E-state index contributed by atoms with van der Waals surface area (Å²) < 4.78 is 11.7. The third-order valence-electron chi connectivity index (χ3n) is 7.50. The fraction of sp³-hybridized carbons (Fsp3) is 0.419. The molecule has 0 atom stereocenters. The molecule has 2 fully saturated rings. The van der Waals surface area contributed by atoms with E-state index in [-0.39, 0.29) is 5.56 Å². The summed E-state index contributed by atoms with van der Waals surface area (Å²) in [5.41, 5.74) is 10.7. The Morgan fingerprint density at radius 1 is 0.949 bits per heavy atom. The topological polar surface area (TPSA) is 84.2 Å². The van der Waals surface area contributed by atoms with Gasteiger partial charge in [-0.3, -0.25) is 19.6 Å². The molecule has 0 radical (unpaired) electrons. The van der Waals surface area contributed by atoms with Crippen LogP contribution in [0.4, 0.5) is 0 Å². The molecule has 0 saturated carbocycles. The smallest absolute Gasteiger partial charge is 0.254 e. The number of carbonyl (C=O) groups excluding carboxylic acids is 1. The van der Waals surface area contributed by atoms with E-state index >= 15 is 0 Å². The van der Waals surface area contributed by atoms with Gasteiger partial charge >= 0.3 is 0 Å². The van der Waals surface area contributed by atoms with Crippen LogP contribution < -0.4 is 10.5 Å². The summed E-state index contributed by atoms with van der Waals surface area (Å²) in [5, 5.41) is 0. The van der Waals surface area contributed by atoms with E-state index in [0.717, 1.165) is 71.1 Å². The zero-order valence-electron chi connectivity index (χ0n) is 22.8. The van der Waals surface area contributed by atoms with Gasteiger partial charge in [-0.25, -0.2) is 0 Å². The second kappa shape index (κ2) is 13.2. The average molecular weight is 530 g/mol. The van der Waals surface area contributed by atoms with Crippen LogP contribution in [0.2, 0.25) is 0 Å². The fourth-order valence-electron chi connectivity index (χ4n) is 5.41. The van der Waals surface area contributed by atoms with Gasteiger partial charge in [-0.2, -0.15) is 0 Å². The molecule has 0 unspecified atom stereocenters. The molecule has 1 aromatic heterocycles. The highest BCUT2D eigenvalue weighted by Gasteiger charge is 2.19. The number of aromatic nitrogens is 1. The van der Waals surface area contributed by atoms with Crippen LogP contribution in [-0.4, -0.2) is 84.6 Å². The molecule has 8 heteroatoms. The molecule has 39 heavy (non-hydrogen) atoms. The van der Waals surface area contributed by atoms with Crippen molar-refractivity contribution in [1.29, 1.82) is 0 Å². The van der Waals surface area contributed by atoms with E-state index in [1.54, 1.807) is 12.3 Å². The monoisotopic (exact) mass is 529 g/mol. The van der Waals surface area contributed by atoms with E-state index in [9.17, 15) is 4.79 Å². The largest absolute Gasteiger partial charge is 0.456 e. The Morgan fingerprint density at radius 3 is 2.49 bits per heavy atom. The minimum Gasteiger partial charge on any atom is -0.456 e. The number of ether oxygens (including phenoxy) is 2. The summed E-state index contributed by atoms with van der Waals surface area (Å²) >= 11 is 0. The number of carbonyl (C=O) groups is 1. The quantitative estimate of drug-likeness (QED) is 0.425. The maximum Gasteiger partial charge on any atom is 0.254 e. The molecule has 2 saturated heterocycles. The number of primary amides is 1. The van der Waals surface area contributed by atoms with Crippen LogP contribution >= 0.6 is 0 Å². The van der Waals surface area contributed by atoms with E-state index < -0.39 is 5.91 Å². The van der Waals surface area contributed by atoms with Crippen LogP contribution in [0.1, 0.15) is 34.8 Å². The second-order valence-electron chi connectivity index (χ2n) is 10.4. The SMILES string of the molecule is CCCN1CCN(Cc2ccc(-c3cccc(Oc4ccncc4C(N)=O)c3)c(CN3CCOCC3)c2)CC1. The molecule has 2 aliphatic heterocycles. The number of piperazine rings is 1. The molecule has 2 aromatic carbocycles. The molecule has 3 aromatic rings. The van der Waals surface area contributed by atoms with Crippen molar-refractivity contribution in [3.8, 4) is 22.6 Å². The van der Waals surface area contributed by atoms with Gasteiger partial charge in [-0.15, -0.1) is 0 Å². The maximum atomic E-state index is 11.8. The first-order chi connectivity index (χ1) is 19.1. The van der Waals surface area contributed by atoms with Crippen molar-refractivity contribution in [2.24, 2.45) is 5.73 Å². The highest BCUT2D eigenvalue weighted by atomic mass is 16.5. The predicted octanol–water partition coefficient (Wildman–Crippen LogP) is 4.00. The third-order valence-corrected chi connectivity index (χ3v) is 7.50. The zero-order valence-corrected chi connectivity index (χ0v) is 22.8. The van der Waals surface area contributed by atoms with Crippen LogP contribution in [0.15, 0.2) is 60.9 Å². The molecule has 3 heterocycles. The van der Waals surface area contributed by atoms with Crippen LogP contribution in [0, 0.1) is 0 Å². The summed E-state index contributed by atoms with van der Waals surface area (Å²) in [7, 11) is 0. The molecule has 2 N–H and O–H groups in total. The van der Waals surface area contributed by atoms with E-state index in [2.05, 4.69) is 50.9 Å². The molecule has 5 rings (SSSR count). The number of nitrogens with two attached hydrogens (primary N) is 1. The first-order valence-electron chi connectivity index (χ1n) is 14.0. The maximum absolute atomic E-state index is 11.8. The van der Waals surface area contributed by atoms with Crippen LogP contribution in [-0.2, 0) is 17.8 Å². The third kappa shape index (κ3) is 7.22. The van der Waals surface area contributed by atoms with Crippen LogP contribution in [0.25, 0.3) is 11.1 Å². The minimum atomic E-state index is -0.565. The molecule has 0 spiro atoms. The van der Waals surface area contributed by atoms with Crippen molar-refractivity contribution < 1.29 is 14.3 Å². The van der Waals surface area contributed by atoms with Gasteiger partial charge in [0.05, 0.1) is 13.2 Å². The van der Waals surface area contributed by atoms with E-state index in [4.69, 9.17) is 15.2 Å². The Labute approximate surface area is 231 Å². The van der Waals surface area contributed by atoms with Crippen LogP contribution in [0.5, 0.6) is 11.5 Å². The van der Waals surface area contributed by atoms with E-state index in [1.807, 2.05) is 18.2 Å². The molecule has 8 nitrogen and oxygen atoms in total. The number of amides is 1. The van der Waals surface area contributed by atoms with E-state index in [1.165, 1.54) is 35.9 Å². The first-order valence-corrected chi connectivity index (χ1v) is 14.0. The molecule has 0 aliphatic carbocycles. The van der Waals surface area contributed by atoms with Gasteiger partial charge < -0.3 is 20.1 Å². The highest BCUT2D eigenvalue weighted by molar-refractivity contribution is 5.95. The van der Waals surface area contributed by atoms with Gasteiger partial charge in [0.2, 0.25) is 0 Å². The van der Waals surface area contributed by atoms with Gasteiger partial charge in [-0.05, 0) is 53.4 Å². The fourth-order valence-corrected chi connectivity index (χ4v) is 5.41. The summed E-state index contributed by atoms with van der Waals surface area (Å²) in [5.74, 6) is 0.481. The van der Waals surface area contributed by atoms with Gasteiger partial charge in [0.15, 0.2) is 0 Å². The Bertz CT molecular complexity index is 1250. The molecular formula is C31H39N5O3. The zero-order chi connectivity index (χ0) is 27.0. The van der Waals surface area contributed by atoms with Crippen LogP contribution in [0.3, 0.4) is 0 Å². The Balaban J connectivity index is 1.38. The highest BCUT2D eigenvalue weighted by Crippen LogP contribution is 2.32. The van der Waals surface area contributed by atoms with Crippen molar-refractivity contribution in [3.05, 3.63) is 77.6 Å². The van der Waals surface area contributed by atoms with Gasteiger partial charge in [0, 0.05) is 64.8 Å². The van der Waals surface area contributed by atoms with Crippen molar-refractivity contribution in [1.82, 2.24) is 19.7 Å². The standard InChI is InChI=1S/C31H39N5O3/c1-2-10-34-11-13-35(14-12-34)22-24-6-7-28(26(19-24)23-36-15-17-38-18-16-36)25-4-3-5-27(20-25)39-30-8-9-33-21-29(30)31(32)37/h3-9,19-21H,2,10-18,22-23H2,1H3,(H2,32,37). The minimum absolute atomic E-state index is 0.260. The lowest BCUT2D eigenvalue weighted by molar-refractivity contribution is 0.0342. The second-order valence-corrected chi connectivity index (χ2v) is 10.4. The normalized spacial score (nSPS) is 17.3. The van der Waals surface area contributed by atoms with Crippen molar-refractivity contribution in [2.75, 3.05) is 59.0 Å². The summed E-state index contributed by atoms with van der Waals surface area (Å²) in [4.78, 5) is 23.4. The number of morpholine rings is 1. The summed E-state index contributed by atoms with van der Waals surface area (Å²) in [6.07, 6.45) is 4.24. The van der Waals surface area contributed by atoms with Gasteiger partial charge in [0.1, 0.15) is 17.1 Å². The Morgan fingerprint density at radius 2 is 1.72 bits per heavy atom. The lowest BCUT2D eigenvalue weighted by Crippen LogP contribution is -2.46. The lowest BCUT2D eigenvalue weighted by atomic mass is 9.96. The first kappa shape index (κ1) is 27.3. The number of benzene rings is 2. The molecule has 2 aliphatic rings. The average Bonchev–Trinajstić information content (AvgIpc) is 2.95. The van der Waals surface area contributed by atoms with Gasteiger partial charge in [-0.1, -0.05) is 37.3 Å². The van der Waals surface area contributed by atoms with Gasteiger partial charge in [0.25, 0.3) is 5.91 Å². The van der Waals surface area contributed by atoms with Crippen molar-refractivity contribution >= 4 is 5.91 Å². The van der Waals surface area contributed by atoms with E-state index in [0.29, 0.717) is 11.5 Å². The number of pyridine rings is 1. The summed E-state index contributed by atoms with van der Waals surface area (Å²) in [6, 6.07) is 16.6. The number of nitrogens with zero attached hydrogens (tertiary/aromatic N) is 4. The van der Waals surface area contributed by atoms with Crippen molar-refractivity contribution in [3.63, 3.8) is 0 Å². The summed E-state index contributed by atoms with van der Waals surface area (Å²) in [6.45, 7) is 13.2. The molecule has 0 bridgehead atoms. The number of hydrogen-bond acceptors (Lipinski definition) is 7.